The first-order chi connectivity index (χ1) is 10.2. The number of amides is 2. The number of hydrogen-bond donors (Lipinski definition) is 1. The van der Waals surface area contributed by atoms with Crippen molar-refractivity contribution in [1.29, 1.82) is 0 Å². The molecule has 1 heterocycles. The Kier molecular flexibility index (Phi) is 5.91. The number of nitrogens with one attached hydrogen (secondary N) is 1. The van der Waals surface area contributed by atoms with Crippen LogP contribution in [0.5, 0.6) is 0 Å². The number of rotatable bonds is 5. The molecule has 0 aliphatic carbocycles. The molecule has 0 aliphatic rings. The van der Waals surface area contributed by atoms with Gasteiger partial charge in [-0.25, -0.2) is 0 Å². The second-order valence-corrected chi connectivity index (χ2v) is 5.86. The quantitative estimate of drug-likeness (QED) is 0.904. The summed E-state index contributed by atoms with van der Waals surface area (Å²) in [7, 11) is 1.57. The summed E-state index contributed by atoms with van der Waals surface area (Å²) in [4.78, 5) is 38.0. The third-order valence-electron chi connectivity index (χ3n) is 3.37. The van der Waals surface area contributed by atoms with Gasteiger partial charge in [0, 0.05) is 31.7 Å². The maximum Gasteiger partial charge on any atom is 0.274 e. The lowest BCUT2D eigenvalue weighted by Gasteiger charge is -2.31. The zero-order chi connectivity index (χ0) is 17.0. The van der Waals surface area contributed by atoms with Crippen LogP contribution in [0.25, 0.3) is 0 Å². The van der Waals surface area contributed by atoms with Gasteiger partial charge in [-0.15, -0.1) is 0 Å². The number of pyridine rings is 1. The summed E-state index contributed by atoms with van der Waals surface area (Å²) in [5.41, 5.74) is 0.183. The van der Waals surface area contributed by atoms with Crippen molar-refractivity contribution in [2.45, 2.75) is 53.1 Å². The molecule has 0 atom stereocenters. The maximum absolute atomic E-state index is 12.7. The Morgan fingerprint density at radius 2 is 1.77 bits per heavy atom. The van der Waals surface area contributed by atoms with Crippen LogP contribution in [0.3, 0.4) is 0 Å². The van der Waals surface area contributed by atoms with E-state index in [0.717, 1.165) is 0 Å². The highest BCUT2D eigenvalue weighted by atomic mass is 16.2. The predicted molar refractivity (Wildman–Crippen MR) is 87.0 cm³/mol. The van der Waals surface area contributed by atoms with E-state index < -0.39 is 0 Å². The van der Waals surface area contributed by atoms with E-state index in [1.165, 1.54) is 16.8 Å². The molecule has 1 aromatic heterocycles. The van der Waals surface area contributed by atoms with Gasteiger partial charge >= 0.3 is 0 Å². The summed E-state index contributed by atoms with van der Waals surface area (Å²) in [6.07, 6.45) is 1.77. The minimum absolute atomic E-state index is 0.0402. The third-order valence-corrected chi connectivity index (χ3v) is 3.37. The lowest BCUT2D eigenvalue weighted by atomic mass is 10.1. The van der Waals surface area contributed by atoms with E-state index >= 15 is 0 Å². The smallest absolute Gasteiger partial charge is 0.274 e. The van der Waals surface area contributed by atoms with Crippen LogP contribution in [0, 0.1) is 0 Å². The second-order valence-electron chi connectivity index (χ2n) is 5.86. The molecule has 0 unspecified atom stereocenters. The average Bonchev–Trinajstić information content (AvgIpc) is 2.42. The van der Waals surface area contributed by atoms with Gasteiger partial charge in [-0.05, 0) is 33.8 Å². The Labute approximate surface area is 131 Å². The molecule has 0 aliphatic heterocycles. The number of hydrogen-bond acceptors (Lipinski definition) is 3. The van der Waals surface area contributed by atoms with Crippen LogP contribution in [0.15, 0.2) is 17.1 Å². The van der Waals surface area contributed by atoms with Crippen molar-refractivity contribution in [2.24, 2.45) is 7.05 Å². The van der Waals surface area contributed by atoms with E-state index in [2.05, 4.69) is 5.32 Å². The number of carbonyl (C=O) groups excluding carboxylic acids is 2. The van der Waals surface area contributed by atoms with Gasteiger partial charge in [-0.3, -0.25) is 14.4 Å². The lowest BCUT2D eigenvalue weighted by molar-refractivity contribution is -0.115. The Balaban J connectivity index is 3.28. The SMILES string of the molecule is CCC(=O)Nc1cc(C(=O)N(C(C)C)C(C)C)cn(C)c1=O. The zero-order valence-electron chi connectivity index (χ0n) is 14.1. The van der Waals surface area contributed by atoms with E-state index in [-0.39, 0.29) is 41.6 Å². The molecule has 0 spiro atoms. The van der Waals surface area contributed by atoms with Crippen LogP contribution < -0.4 is 10.9 Å². The summed E-state index contributed by atoms with van der Waals surface area (Å²) >= 11 is 0. The van der Waals surface area contributed by atoms with Crippen molar-refractivity contribution >= 4 is 17.5 Å². The molecule has 1 N–H and O–H groups in total. The molecule has 0 aromatic carbocycles. The highest BCUT2D eigenvalue weighted by Gasteiger charge is 2.23. The summed E-state index contributed by atoms with van der Waals surface area (Å²) < 4.78 is 1.32. The summed E-state index contributed by atoms with van der Waals surface area (Å²) in [5.74, 6) is -0.418. The zero-order valence-corrected chi connectivity index (χ0v) is 14.1. The third kappa shape index (κ3) is 3.96. The Hall–Kier alpha value is -2.11. The average molecular weight is 307 g/mol. The van der Waals surface area contributed by atoms with E-state index in [4.69, 9.17) is 0 Å². The molecule has 2 amide bonds. The first kappa shape index (κ1) is 17.9. The molecule has 0 saturated carbocycles. The molecule has 0 saturated heterocycles. The van der Waals surface area contributed by atoms with Gasteiger partial charge in [-0.2, -0.15) is 0 Å². The first-order valence-electron chi connectivity index (χ1n) is 7.52. The standard InChI is InChI=1S/C16H25N3O3/c1-7-14(20)17-13-8-12(9-18(6)16(13)22)15(21)19(10(2)3)11(4)5/h8-11H,7H2,1-6H3,(H,17,20). The first-order valence-corrected chi connectivity index (χ1v) is 7.52. The highest BCUT2D eigenvalue weighted by Crippen LogP contribution is 2.14. The lowest BCUT2D eigenvalue weighted by Crippen LogP contribution is -2.42. The predicted octanol–water partition coefficient (Wildman–Crippen LogP) is 1.99. The molecular formula is C16H25N3O3. The molecule has 6 nitrogen and oxygen atoms in total. The molecule has 22 heavy (non-hydrogen) atoms. The van der Waals surface area contributed by atoms with Crippen LogP contribution in [-0.2, 0) is 11.8 Å². The van der Waals surface area contributed by atoms with E-state index in [1.54, 1.807) is 18.9 Å². The summed E-state index contributed by atoms with van der Waals surface area (Å²) in [6.45, 7) is 9.48. The van der Waals surface area contributed by atoms with Crippen molar-refractivity contribution in [3.8, 4) is 0 Å². The van der Waals surface area contributed by atoms with Gasteiger partial charge in [0.2, 0.25) is 5.91 Å². The molecule has 1 rings (SSSR count). The number of aryl methyl sites for hydroxylation is 1. The summed E-state index contributed by atoms with van der Waals surface area (Å²) in [6, 6.07) is 1.53. The van der Waals surface area contributed by atoms with Gasteiger partial charge in [0.1, 0.15) is 5.69 Å². The fraction of sp³-hybridized carbons (Fsp3) is 0.562. The molecular weight excluding hydrogens is 282 g/mol. The fourth-order valence-electron chi connectivity index (χ4n) is 2.37. The van der Waals surface area contributed by atoms with E-state index in [0.29, 0.717) is 5.56 Å². The van der Waals surface area contributed by atoms with Crippen molar-refractivity contribution in [2.75, 3.05) is 5.32 Å². The second kappa shape index (κ2) is 7.24. The van der Waals surface area contributed by atoms with Gasteiger partial charge in [0.15, 0.2) is 0 Å². The number of aromatic nitrogens is 1. The molecule has 0 bridgehead atoms. The largest absolute Gasteiger partial charge is 0.334 e. The van der Waals surface area contributed by atoms with Gasteiger partial charge in [0.25, 0.3) is 11.5 Å². The van der Waals surface area contributed by atoms with Crippen molar-refractivity contribution in [3.05, 3.63) is 28.2 Å². The normalized spacial score (nSPS) is 10.9. The minimum Gasteiger partial charge on any atom is -0.334 e. The Morgan fingerprint density at radius 3 is 2.23 bits per heavy atom. The Bertz CT molecular complexity index is 610. The minimum atomic E-state index is -0.334. The van der Waals surface area contributed by atoms with Crippen LogP contribution in [0.4, 0.5) is 5.69 Å². The summed E-state index contributed by atoms with van der Waals surface area (Å²) in [5, 5.41) is 2.55. The molecule has 1 aromatic rings. The number of carbonyl (C=O) groups is 2. The van der Waals surface area contributed by atoms with E-state index in [1.807, 2.05) is 27.7 Å². The van der Waals surface area contributed by atoms with Crippen LogP contribution in [0.2, 0.25) is 0 Å². The van der Waals surface area contributed by atoms with Crippen molar-refractivity contribution in [3.63, 3.8) is 0 Å². The molecule has 6 heteroatoms. The Morgan fingerprint density at radius 1 is 1.23 bits per heavy atom. The monoisotopic (exact) mass is 307 g/mol. The van der Waals surface area contributed by atoms with Crippen molar-refractivity contribution < 1.29 is 9.59 Å². The van der Waals surface area contributed by atoms with Crippen LogP contribution in [0.1, 0.15) is 51.4 Å². The van der Waals surface area contributed by atoms with Gasteiger partial charge in [0.05, 0.1) is 5.56 Å². The number of nitrogens with zero attached hydrogens (tertiary/aromatic N) is 2. The van der Waals surface area contributed by atoms with Gasteiger partial charge in [-0.1, -0.05) is 6.92 Å². The van der Waals surface area contributed by atoms with Crippen LogP contribution in [-0.4, -0.2) is 33.4 Å². The maximum atomic E-state index is 12.7. The van der Waals surface area contributed by atoms with Crippen molar-refractivity contribution in [1.82, 2.24) is 9.47 Å². The molecule has 0 fully saturated rings. The van der Waals surface area contributed by atoms with Crippen LogP contribution >= 0.6 is 0 Å². The molecule has 122 valence electrons. The highest BCUT2D eigenvalue weighted by molar-refractivity contribution is 5.97. The van der Waals surface area contributed by atoms with Gasteiger partial charge < -0.3 is 14.8 Å². The topological polar surface area (TPSA) is 71.4 Å². The fourth-order valence-corrected chi connectivity index (χ4v) is 2.37. The number of anilines is 1. The molecule has 0 radical (unpaired) electrons. The van der Waals surface area contributed by atoms with E-state index in [9.17, 15) is 14.4 Å².